The average Bonchev–Trinajstić information content (AvgIpc) is 3.30. The van der Waals surface area contributed by atoms with Crippen molar-refractivity contribution in [2.45, 2.75) is 52.4 Å². The Morgan fingerprint density at radius 2 is 1.61 bits per heavy atom. The molecule has 1 aromatic heterocycles. The van der Waals surface area contributed by atoms with Crippen molar-refractivity contribution in [3.8, 4) is 17.1 Å². The smallest absolute Gasteiger partial charge is 0.168 e. The van der Waals surface area contributed by atoms with Gasteiger partial charge in [0.2, 0.25) is 0 Å². The second-order valence-corrected chi connectivity index (χ2v) is 10.4. The SMILES string of the molecule is CC(C)(C)C1CC=C(c2nnc(-c3ccc(C4C=CC=CC4)cc3)n2-c2ccccc2)CC1. The van der Waals surface area contributed by atoms with E-state index in [4.69, 9.17) is 10.2 Å². The maximum Gasteiger partial charge on any atom is 0.168 e. The normalized spacial score (nSPS) is 20.6. The molecular weight excluding hydrogens is 402 g/mol. The first-order valence-electron chi connectivity index (χ1n) is 12.1. The predicted molar refractivity (Wildman–Crippen MR) is 137 cm³/mol. The topological polar surface area (TPSA) is 30.7 Å². The molecule has 2 unspecified atom stereocenters. The van der Waals surface area contributed by atoms with Crippen molar-refractivity contribution in [2.75, 3.05) is 0 Å². The Morgan fingerprint density at radius 1 is 0.848 bits per heavy atom. The minimum Gasteiger partial charge on any atom is -0.275 e. The van der Waals surface area contributed by atoms with Gasteiger partial charge in [0.05, 0.1) is 0 Å². The van der Waals surface area contributed by atoms with Crippen LogP contribution in [0.15, 0.2) is 85.0 Å². The summed E-state index contributed by atoms with van der Waals surface area (Å²) in [6, 6.07) is 19.4. The molecule has 168 valence electrons. The molecule has 3 heteroatoms. The van der Waals surface area contributed by atoms with E-state index in [-0.39, 0.29) is 0 Å². The number of hydrogen-bond donors (Lipinski definition) is 0. The molecule has 0 saturated carbocycles. The number of hydrogen-bond acceptors (Lipinski definition) is 2. The molecule has 0 aliphatic heterocycles. The van der Waals surface area contributed by atoms with Crippen molar-refractivity contribution in [3.05, 3.63) is 96.4 Å². The summed E-state index contributed by atoms with van der Waals surface area (Å²) in [5.41, 5.74) is 5.20. The lowest BCUT2D eigenvalue weighted by molar-refractivity contribution is 0.225. The lowest BCUT2D eigenvalue weighted by atomic mass is 9.73. The molecule has 0 radical (unpaired) electrons. The van der Waals surface area contributed by atoms with Crippen molar-refractivity contribution in [3.63, 3.8) is 0 Å². The summed E-state index contributed by atoms with van der Waals surface area (Å²) in [5, 5.41) is 9.41. The number of para-hydroxylation sites is 1. The van der Waals surface area contributed by atoms with Crippen molar-refractivity contribution >= 4 is 5.57 Å². The minimum absolute atomic E-state index is 0.339. The van der Waals surface area contributed by atoms with Gasteiger partial charge in [-0.25, -0.2) is 0 Å². The Morgan fingerprint density at radius 3 is 2.24 bits per heavy atom. The maximum atomic E-state index is 4.72. The molecule has 2 atom stereocenters. The second kappa shape index (κ2) is 8.97. The fraction of sp³-hybridized carbons (Fsp3) is 0.333. The summed E-state index contributed by atoms with van der Waals surface area (Å²) in [4.78, 5) is 0. The molecule has 2 aromatic carbocycles. The van der Waals surface area contributed by atoms with E-state index in [1.54, 1.807) is 0 Å². The summed E-state index contributed by atoms with van der Waals surface area (Å²) < 4.78 is 2.24. The van der Waals surface area contributed by atoms with Crippen LogP contribution >= 0.6 is 0 Å². The highest BCUT2D eigenvalue weighted by Gasteiger charge is 2.28. The van der Waals surface area contributed by atoms with Crippen molar-refractivity contribution in [1.29, 1.82) is 0 Å². The Balaban J connectivity index is 1.51. The van der Waals surface area contributed by atoms with Crippen LogP contribution in [0, 0.1) is 11.3 Å². The predicted octanol–water partition coefficient (Wildman–Crippen LogP) is 7.76. The quantitative estimate of drug-likeness (QED) is 0.419. The van der Waals surface area contributed by atoms with Gasteiger partial charge in [-0.1, -0.05) is 93.6 Å². The molecule has 0 amide bonds. The summed E-state index contributed by atoms with van der Waals surface area (Å²) in [5.74, 6) is 3.05. The van der Waals surface area contributed by atoms with Gasteiger partial charge in [-0.15, -0.1) is 10.2 Å². The van der Waals surface area contributed by atoms with Gasteiger partial charge in [-0.2, -0.15) is 0 Å². The van der Waals surface area contributed by atoms with Gasteiger partial charge >= 0.3 is 0 Å². The zero-order valence-electron chi connectivity index (χ0n) is 19.9. The third kappa shape index (κ3) is 4.50. The number of rotatable bonds is 4. The van der Waals surface area contributed by atoms with E-state index < -0.39 is 0 Å². The van der Waals surface area contributed by atoms with Crippen LogP contribution in [0.4, 0.5) is 0 Å². The van der Waals surface area contributed by atoms with E-state index in [0.717, 1.165) is 42.2 Å². The first-order valence-corrected chi connectivity index (χ1v) is 12.1. The Hall–Kier alpha value is -3.20. The van der Waals surface area contributed by atoms with Gasteiger partial charge in [0, 0.05) is 17.2 Å². The summed E-state index contributed by atoms with van der Waals surface area (Å²) in [6.45, 7) is 7.05. The van der Waals surface area contributed by atoms with Gasteiger partial charge < -0.3 is 0 Å². The standard InChI is InChI=1S/C30H33N3/c1-30(2,3)26-20-18-25(19-21-26)29-32-31-28(33(29)27-12-8-5-9-13-27)24-16-14-23(15-17-24)22-10-6-4-7-11-22/h4-10,12-18,22,26H,11,19-21H2,1-3H3. The van der Waals surface area contributed by atoms with Crippen LogP contribution < -0.4 is 0 Å². The van der Waals surface area contributed by atoms with Gasteiger partial charge in [-0.3, -0.25) is 4.57 Å². The van der Waals surface area contributed by atoms with E-state index in [2.05, 4.69) is 110 Å². The molecule has 0 saturated heterocycles. The first kappa shape index (κ1) is 21.6. The second-order valence-electron chi connectivity index (χ2n) is 10.4. The van der Waals surface area contributed by atoms with E-state index >= 15 is 0 Å². The molecule has 3 aromatic rings. The highest BCUT2D eigenvalue weighted by atomic mass is 15.3. The number of aromatic nitrogens is 3. The number of benzene rings is 2. The van der Waals surface area contributed by atoms with E-state index in [0.29, 0.717) is 17.3 Å². The van der Waals surface area contributed by atoms with Gasteiger partial charge in [0.25, 0.3) is 0 Å². The molecule has 0 N–H and O–H groups in total. The Labute approximate surface area is 197 Å². The fourth-order valence-corrected chi connectivity index (χ4v) is 5.03. The summed E-state index contributed by atoms with van der Waals surface area (Å²) in [7, 11) is 0. The molecular formula is C30H33N3. The first-order chi connectivity index (χ1) is 16.0. The van der Waals surface area contributed by atoms with Gasteiger partial charge in [0.1, 0.15) is 0 Å². The highest BCUT2D eigenvalue weighted by molar-refractivity contribution is 5.68. The maximum absolute atomic E-state index is 4.72. The van der Waals surface area contributed by atoms with Crippen LogP contribution in [0.5, 0.6) is 0 Å². The molecule has 5 rings (SSSR count). The third-order valence-corrected chi connectivity index (χ3v) is 7.18. The largest absolute Gasteiger partial charge is 0.275 e. The summed E-state index contributed by atoms with van der Waals surface area (Å²) in [6.07, 6.45) is 15.6. The lowest BCUT2D eigenvalue weighted by Crippen LogP contribution is -2.22. The van der Waals surface area contributed by atoms with Crippen LogP contribution in [0.1, 0.15) is 63.8 Å². The van der Waals surface area contributed by atoms with E-state index in [1.807, 2.05) is 0 Å². The van der Waals surface area contributed by atoms with Crippen LogP contribution in [-0.2, 0) is 0 Å². The molecule has 0 fully saturated rings. The Bertz CT molecular complexity index is 1190. The molecule has 1 heterocycles. The van der Waals surface area contributed by atoms with Crippen LogP contribution in [-0.4, -0.2) is 14.8 Å². The summed E-state index contributed by atoms with van der Waals surface area (Å²) >= 11 is 0. The van der Waals surface area contributed by atoms with Crippen molar-refractivity contribution in [1.82, 2.24) is 14.8 Å². The van der Waals surface area contributed by atoms with E-state index in [9.17, 15) is 0 Å². The van der Waals surface area contributed by atoms with Crippen LogP contribution in [0.25, 0.3) is 22.6 Å². The van der Waals surface area contributed by atoms with Crippen molar-refractivity contribution in [2.24, 2.45) is 11.3 Å². The molecule has 0 bridgehead atoms. The molecule has 2 aliphatic carbocycles. The number of nitrogens with zero attached hydrogens (tertiary/aromatic N) is 3. The monoisotopic (exact) mass is 435 g/mol. The minimum atomic E-state index is 0.339. The Kier molecular flexibility index (Phi) is 5.88. The van der Waals surface area contributed by atoms with Gasteiger partial charge in [0.15, 0.2) is 11.6 Å². The van der Waals surface area contributed by atoms with E-state index in [1.165, 1.54) is 17.6 Å². The zero-order valence-corrected chi connectivity index (χ0v) is 19.9. The highest BCUT2D eigenvalue weighted by Crippen LogP contribution is 2.40. The molecule has 33 heavy (non-hydrogen) atoms. The zero-order chi connectivity index (χ0) is 22.8. The van der Waals surface area contributed by atoms with Gasteiger partial charge in [-0.05, 0) is 60.3 Å². The fourth-order valence-electron chi connectivity index (χ4n) is 5.03. The lowest BCUT2D eigenvalue weighted by Gasteiger charge is -2.33. The van der Waals surface area contributed by atoms with Crippen LogP contribution in [0.2, 0.25) is 0 Å². The third-order valence-electron chi connectivity index (χ3n) is 7.18. The van der Waals surface area contributed by atoms with Crippen molar-refractivity contribution < 1.29 is 0 Å². The molecule has 2 aliphatic rings. The number of allylic oxidation sites excluding steroid dienone is 6. The molecule has 3 nitrogen and oxygen atoms in total. The van der Waals surface area contributed by atoms with Crippen LogP contribution in [0.3, 0.4) is 0 Å². The average molecular weight is 436 g/mol. The molecule has 0 spiro atoms.